The van der Waals surface area contributed by atoms with Crippen molar-refractivity contribution in [2.24, 2.45) is 5.92 Å². The molecule has 3 atom stereocenters. The highest BCUT2D eigenvalue weighted by molar-refractivity contribution is 5.80. The lowest BCUT2D eigenvalue weighted by molar-refractivity contribution is 0.0248. The van der Waals surface area contributed by atoms with Crippen molar-refractivity contribution < 1.29 is 19.4 Å². The number of pyridine rings is 2. The number of rotatable bonds is 4. The summed E-state index contributed by atoms with van der Waals surface area (Å²) in [7, 11) is 0. The Morgan fingerprint density at radius 2 is 2.19 bits per heavy atom. The van der Waals surface area contributed by atoms with E-state index in [-0.39, 0.29) is 23.9 Å². The summed E-state index contributed by atoms with van der Waals surface area (Å²) in [4.78, 5) is 29.1. The molecule has 2 aliphatic heterocycles. The van der Waals surface area contributed by atoms with Crippen LogP contribution in [0.5, 0.6) is 0 Å². The second-order valence-electron chi connectivity index (χ2n) is 7.29. The molecule has 144 valence electrons. The van der Waals surface area contributed by atoms with E-state index in [0.29, 0.717) is 49.2 Å². The predicted molar refractivity (Wildman–Crippen MR) is 95.3 cm³/mol. The molecule has 4 rings (SSSR count). The van der Waals surface area contributed by atoms with Gasteiger partial charge in [0.1, 0.15) is 5.82 Å². The van der Waals surface area contributed by atoms with E-state index in [1.165, 1.54) is 12.3 Å². The second kappa shape index (κ2) is 6.90. The van der Waals surface area contributed by atoms with Gasteiger partial charge in [0.15, 0.2) is 0 Å². The first kappa shape index (κ1) is 17.9. The summed E-state index contributed by atoms with van der Waals surface area (Å²) in [5.41, 5.74) is 1.51. The quantitative estimate of drug-likeness (QED) is 0.721. The number of likely N-dealkylation sites (tertiary alicyclic amines) is 1. The van der Waals surface area contributed by atoms with Gasteiger partial charge in [-0.05, 0) is 12.5 Å². The molecule has 3 N–H and O–H groups in total. The molecule has 4 heterocycles. The molecule has 2 aromatic heterocycles. The summed E-state index contributed by atoms with van der Waals surface area (Å²) in [6.07, 6.45) is 0.0384. The average Bonchev–Trinajstić information content (AvgIpc) is 3.02. The monoisotopic (exact) mass is 376 g/mol. The van der Waals surface area contributed by atoms with Crippen LogP contribution >= 0.6 is 0 Å². The van der Waals surface area contributed by atoms with Gasteiger partial charge in [-0.1, -0.05) is 0 Å². The number of halogens is 1. The van der Waals surface area contributed by atoms with Crippen molar-refractivity contribution >= 4 is 17.1 Å². The van der Waals surface area contributed by atoms with Crippen molar-refractivity contribution in [1.82, 2.24) is 19.8 Å². The number of aromatic nitrogens is 2. The predicted octanol–water partition coefficient (Wildman–Crippen LogP) is 0.583. The molecule has 0 radical (unpaired) electrons. The Kier molecular flexibility index (Phi) is 4.56. The van der Waals surface area contributed by atoms with Crippen molar-refractivity contribution in [3.63, 3.8) is 0 Å². The second-order valence-corrected chi connectivity index (χ2v) is 7.29. The first-order valence-corrected chi connectivity index (χ1v) is 8.99. The maximum absolute atomic E-state index is 14.5. The zero-order valence-corrected chi connectivity index (χ0v) is 14.6. The Balaban J connectivity index is 1.55. The number of nitrogens with zero attached hydrogens (tertiary/aromatic N) is 3. The van der Waals surface area contributed by atoms with Crippen LogP contribution in [0.4, 0.5) is 9.18 Å². The van der Waals surface area contributed by atoms with E-state index in [4.69, 9.17) is 5.11 Å². The molecule has 27 heavy (non-hydrogen) atoms. The van der Waals surface area contributed by atoms with Crippen molar-refractivity contribution in [3.8, 4) is 0 Å². The smallest absolute Gasteiger partial charge is 0.404 e. The molecular formula is C18H21FN4O4. The molecule has 0 aliphatic carbocycles. The van der Waals surface area contributed by atoms with E-state index in [2.05, 4.69) is 15.2 Å². The highest BCUT2D eigenvalue weighted by Crippen LogP contribution is 2.34. The highest BCUT2D eigenvalue weighted by atomic mass is 19.1. The molecule has 1 fully saturated rings. The van der Waals surface area contributed by atoms with Gasteiger partial charge in [0.25, 0.3) is 5.56 Å². The lowest BCUT2D eigenvalue weighted by Gasteiger charge is -2.37. The topological polar surface area (TPSA) is 108 Å². The number of hydrogen-bond donors (Lipinski definition) is 3. The Hall–Kier alpha value is -2.52. The molecule has 2 aliphatic rings. The van der Waals surface area contributed by atoms with Crippen molar-refractivity contribution in [3.05, 3.63) is 40.1 Å². The van der Waals surface area contributed by atoms with Crippen LogP contribution in [0.1, 0.15) is 17.9 Å². The number of nitrogens with one attached hydrogen (secondary N) is 1. The minimum atomic E-state index is -1.12. The van der Waals surface area contributed by atoms with Crippen LogP contribution in [-0.2, 0) is 6.54 Å². The first-order chi connectivity index (χ1) is 12.9. The number of aliphatic hydroxyl groups is 1. The molecule has 0 bridgehead atoms. The third kappa shape index (κ3) is 3.28. The maximum atomic E-state index is 14.5. The van der Waals surface area contributed by atoms with Crippen LogP contribution in [0.15, 0.2) is 23.1 Å². The molecule has 0 saturated carbocycles. The standard InChI is InChI=1S/C18H21FN4O4/c19-12-6-20-13-1-2-15(25)23-9-11(16(12)17(13)23)8-22-4-3-14(24)10(7-22)5-21-18(26)27/h1-2,6,10-11,14,21,24H,3-5,7-9H2,(H,26,27)/t10-,11?,14+/m1/s1. The molecule has 1 saturated heterocycles. The number of amides is 1. The summed E-state index contributed by atoms with van der Waals surface area (Å²) >= 11 is 0. The number of carbonyl (C=O) groups is 1. The van der Waals surface area contributed by atoms with Crippen LogP contribution in [0.25, 0.3) is 11.0 Å². The molecule has 9 heteroatoms. The number of carboxylic acid groups (broad SMARTS) is 1. The number of aliphatic hydroxyl groups excluding tert-OH is 1. The Labute approximate surface area is 154 Å². The third-order valence-corrected chi connectivity index (χ3v) is 5.57. The maximum Gasteiger partial charge on any atom is 0.404 e. The SMILES string of the molecule is O=C(O)NC[C@@H]1CN(CC2Cn3c(=O)ccc4ncc(F)c2c43)CC[C@@H]1O. The molecule has 1 amide bonds. The van der Waals surface area contributed by atoms with Crippen LogP contribution in [0.3, 0.4) is 0 Å². The largest absolute Gasteiger partial charge is 0.465 e. The van der Waals surface area contributed by atoms with E-state index in [1.54, 1.807) is 10.6 Å². The highest BCUT2D eigenvalue weighted by Gasteiger charge is 2.34. The van der Waals surface area contributed by atoms with Gasteiger partial charge in [-0.15, -0.1) is 0 Å². The fourth-order valence-corrected chi connectivity index (χ4v) is 4.29. The van der Waals surface area contributed by atoms with Gasteiger partial charge in [-0.25, -0.2) is 9.18 Å². The van der Waals surface area contributed by atoms with Gasteiger partial charge in [-0.2, -0.15) is 0 Å². The molecule has 0 aromatic carbocycles. The molecule has 2 aromatic rings. The number of piperidine rings is 1. The van der Waals surface area contributed by atoms with Gasteiger partial charge in [0, 0.05) is 56.2 Å². The minimum Gasteiger partial charge on any atom is -0.465 e. The lowest BCUT2D eigenvalue weighted by Crippen LogP contribution is -2.48. The summed E-state index contributed by atoms with van der Waals surface area (Å²) in [6, 6.07) is 3.06. The van der Waals surface area contributed by atoms with Gasteiger partial charge in [-0.3, -0.25) is 9.78 Å². The van der Waals surface area contributed by atoms with Gasteiger partial charge in [0.2, 0.25) is 0 Å². The van der Waals surface area contributed by atoms with Crippen molar-refractivity contribution in [2.45, 2.75) is 25.0 Å². The summed E-state index contributed by atoms with van der Waals surface area (Å²) in [5.74, 6) is -0.817. The third-order valence-electron chi connectivity index (χ3n) is 5.57. The zero-order chi connectivity index (χ0) is 19.1. The Bertz CT molecular complexity index is 947. The van der Waals surface area contributed by atoms with Gasteiger partial charge < -0.3 is 25.0 Å². The molecule has 0 spiro atoms. The fourth-order valence-electron chi connectivity index (χ4n) is 4.29. The van der Waals surface area contributed by atoms with E-state index >= 15 is 0 Å². The normalized spacial score (nSPS) is 25.0. The molecular weight excluding hydrogens is 355 g/mol. The van der Waals surface area contributed by atoms with Crippen LogP contribution < -0.4 is 10.9 Å². The summed E-state index contributed by atoms with van der Waals surface area (Å²) in [5, 5.41) is 21.2. The van der Waals surface area contributed by atoms with Crippen LogP contribution in [0.2, 0.25) is 0 Å². The molecule has 8 nitrogen and oxygen atoms in total. The minimum absolute atomic E-state index is 0.170. The van der Waals surface area contributed by atoms with Crippen molar-refractivity contribution in [2.75, 3.05) is 26.2 Å². The van der Waals surface area contributed by atoms with Gasteiger partial charge in [0.05, 0.1) is 23.3 Å². The van der Waals surface area contributed by atoms with Crippen LogP contribution in [-0.4, -0.2) is 63.0 Å². The lowest BCUT2D eigenvalue weighted by atomic mass is 9.92. The average molecular weight is 376 g/mol. The Morgan fingerprint density at radius 3 is 2.96 bits per heavy atom. The van der Waals surface area contributed by atoms with E-state index in [9.17, 15) is 19.1 Å². The van der Waals surface area contributed by atoms with Crippen LogP contribution in [0, 0.1) is 11.7 Å². The Morgan fingerprint density at radius 1 is 1.37 bits per heavy atom. The van der Waals surface area contributed by atoms with Crippen molar-refractivity contribution in [1.29, 1.82) is 0 Å². The zero-order valence-electron chi connectivity index (χ0n) is 14.6. The van der Waals surface area contributed by atoms with E-state index in [0.717, 1.165) is 0 Å². The first-order valence-electron chi connectivity index (χ1n) is 8.99. The van der Waals surface area contributed by atoms with Gasteiger partial charge >= 0.3 is 6.09 Å². The molecule has 1 unspecified atom stereocenters. The summed E-state index contributed by atoms with van der Waals surface area (Å²) in [6.45, 7) is 2.26. The van der Waals surface area contributed by atoms with E-state index < -0.39 is 18.0 Å². The number of hydrogen-bond acceptors (Lipinski definition) is 5. The summed E-state index contributed by atoms with van der Waals surface area (Å²) < 4.78 is 16.1. The van der Waals surface area contributed by atoms with E-state index in [1.807, 2.05) is 0 Å². The fraction of sp³-hybridized carbons (Fsp3) is 0.500.